The van der Waals surface area contributed by atoms with E-state index in [4.69, 9.17) is 4.42 Å². The van der Waals surface area contributed by atoms with Gasteiger partial charge in [-0.3, -0.25) is 19.1 Å². The molecule has 0 saturated heterocycles. The van der Waals surface area contributed by atoms with Gasteiger partial charge in [0.25, 0.3) is 0 Å². The number of carbonyl (C=O) groups is 2. The zero-order valence-corrected chi connectivity index (χ0v) is 20.7. The Bertz CT molecular complexity index is 1410. The SMILES string of the molecule is Cc1occc1-c1nnc(SC(C)C(=O)N2c3ccccc3NC(=O)C2(C)C)n1-c1ccccc1. The van der Waals surface area contributed by atoms with Crippen LogP contribution in [-0.2, 0) is 9.59 Å². The van der Waals surface area contributed by atoms with E-state index in [-0.39, 0.29) is 11.8 Å². The minimum absolute atomic E-state index is 0.189. The summed E-state index contributed by atoms with van der Waals surface area (Å²) in [4.78, 5) is 28.2. The third-order valence-corrected chi connectivity index (χ3v) is 7.14. The minimum atomic E-state index is -1.05. The molecule has 0 radical (unpaired) electrons. The fraction of sp³-hybridized carbons (Fsp3) is 0.231. The van der Waals surface area contributed by atoms with E-state index in [9.17, 15) is 9.59 Å². The fourth-order valence-electron chi connectivity index (χ4n) is 4.18. The van der Waals surface area contributed by atoms with Crippen LogP contribution in [0, 0.1) is 6.92 Å². The highest BCUT2D eigenvalue weighted by Gasteiger charge is 2.45. The van der Waals surface area contributed by atoms with Crippen molar-refractivity contribution in [1.82, 2.24) is 14.8 Å². The Hall–Kier alpha value is -3.85. The van der Waals surface area contributed by atoms with Crippen LogP contribution in [0.1, 0.15) is 26.5 Å². The number of aromatic nitrogens is 3. The summed E-state index contributed by atoms with van der Waals surface area (Å²) in [5.74, 6) is 0.943. The van der Waals surface area contributed by atoms with Crippen LogP contribution in [0.4, 0.5) is 11.4 Å². The molecule has 0 bridgehead atoms. The van der Waals surface area contributed by atoms with Crippen molar-refractivity contribution in [2.75, 3.05) is 10.2 Å². The molecule has 5 rings (SSSR count). The molecule has 1 unspecified atom stereocenters. The molecular formula is C26H25N5O3S. The van der Waals surface area contributed by atoms with Crippen LogP contribution in [0.15, 0.2) is 76.5 Å². The van der Waals surface area contributed by atoms with Crippen molar-refractivity contribution in [3.8, 4) is 17.1 Å². The second-order valence-electron chi connectivity index (χ2n) is 8.83. The van der Waals surface area contributed by atoms with E-state index in [1.165, 1.54) is 11.8 Å². The van der Waals surface area contributed by atoms with Crippen molar-refractivity contribution in [3.05, 3.63) is 72.7 Å². The summed E-state index contributed by atoms with van der Waals surface area (Å²) in [6.45, 7) is 7.20. The van der Waals surface area contributed by atoms with Crippen molar-refractivity contribution in [3.63, 3.8) is 0 Å². The van der Waals surface area contributed by atoms with Crippen molar-refractivity contribution in [2.24, 2.45) is 0 Å². The molecule has 4 aromatic rings. The maximum absolute atomic E-state index is 13.8. The number of nitrogens with zero attached hydrogens (tertiary/aromatic N) is 4. The predicted molar refractivity (Wildman–Crippen MR) is 136 cm³/mol. The van der Waals surface area contributed by atoms with Gasteiger partial charge in [0, 0.05) is 5.69 Å². The highest BCUT2D eigenvalue weighted by Crippen LogP contribution is 2.39. The molecule has 178 valence electrons. The molecule has 0 aliphatic carbocycles. The van der Waals surface area contributed by atoms with Crippen LogP contribution in [0.5, 0.6) is 0 Å². The van der Waals surface area contributed by atoms with Gasteiger partial charge in [-0.05, 0) is 58.0 Å². The van der Waals surface area contributed by atoms with Crippen molar-refractivity contribution >= 4 is 35.0 Å². The van der Waals surface area contributed by atoms with Gasteiger partial charge in [0.1, 0.15) is 11.3 Å². The number of hydrogen-bond acceptors (Lipinski definition) is 6. The van der Waals surface area contributed by atoms with Gasteiger partial charge >= 0.3 is 0 Å². The number of nitrogens with one attached hydrogen (secondary N) is 1. The van der Waals surface area contributed by atoms with E-state index in [0.29, 0.717) is 22.4 Å². The molecule has 1 atom stereocenters. The molecule has 0 spiro atoms. The van der Waals surface area contributed by atoms with E-state index in [1.54, 1.807) is 31.1 Å². The number of benzene rings is 2. The molecule has 9 heteroatoms. The van der Waals surface area contributed by atoms with Crippen LogP contribution in [0.3, 0.4) is 0 Å². The first-order valence-electron chi connectivity index (χ1n) is 11.3. The van der Waals surface area contributed by atoms with Crippen LogP contribution >= 0.6 is 11.8 Å². The summed E-state index contributed by atoms with van der Waals surface area (Å²) < 4.78 is 7.42. The number of thioether (sulfide) groups is 1. The van der Waals surface area contributed by atoms with Gasteiger partial charge in [0.2, 0.25) is 11.8 Å². The minimum Gasteiger partial charge on any atom is -0.469 e. The van der Waals surface area contributed by atoms with Crippen LogP contribution < -0.4 is 10.2 Å². The number of aryl methyl sites for hydroxylation is 1. The lowest BCUT2D eigenvalue weighted by Gasteiger charge is -2.43. The molecule has 35 heavy (non-hydrogen) atoms. The van der Waals surface area contributed by atoms with Crippen LogP contribution in [-0.4, -0.2) is 37.4 Å². The molecular weight excluding hydrogens is 462 g/mol. The zero-order chi connectivity index (χ0) is 24.7. The summed E-state index contributed by atoms with van der Waals surface area (Å²) in [7, 11) is 0. The second-order valence-corrected chi connectivity index (χ2v) is 10.1. The highest BCUT2D eigenvalue weighted by atomic mass is 32.2. The van der Waals surface area contributed by atoms with Crippen molar-refractivity contribution in [1.29, 1.82) is 0 Å². The third kappa shape index (κ3) is 3.91. The normalized spacial score (nSPS) is 15.4. The number of amides is 2. The first-order valence-corrected chi connectivity index (χ1v) is 12.1. The molecule has 1 N–H and O–H groups in total. The Kier molecular flexibility index (Phi) is 5.72. The average Bonchev–Trinajstić information content (AvgIpc) is 3.45. The monoisotopic (exact) mass is 487 g/mol. The third-order valence-electron chi connectivity index (χ3n) is 6.11. The molecule has 1 aliphatic rings. The lowest BCUT2D eigenvalue weighted by Crippen LogP contribution is -2.60. The first kappa shape index (κ1) is 22.9. The number of fused-ring (bicyclic) bond motifs is 1. The molecule has 0 fully saturated rings. The smallest absolute Gasteiger partial charge is 0.250 e. The topological polar surface area (TPSA) is 93.3 Å². The Morgan fingerprint density at radius 2 is 1.77 bits per heavy atom. The molecule has 2 aromatic heterocycles. The second kappa shape index (κ2) is 8.74. The molecule has 0 saturated carbocycles. The molecule has 3 heterocycles. The number of furan rings is 1. The number of anilines is 2. The molecule has 2 amide bonds. The van der Waals surface area contributed by atoms with Gasteiger partial charge in [-0.15, -0.1) is 10.2 Å². The van der Waals surface area contributed by atoms with Gasteiger partial charge in [0.15, 0.2) is 11.0 Å². The van der Waals surface area contributed by atoms with E-state index in [1.807, 2.05) is 73.0 Å². The number of carbonyl (C=O) groups excluding carboxylic acids is 2. The highest BCUT2D eigenvalue weighted by molar-refractivity contribution is 8.00. The molecule has 2 aromatic carbocycles. The lowest BCUT2D eigenvalue weighted by atomic mass is 9.96. The summed E-state index contributed by atoms with van der Waals surface area (Å²) in [6, 6.07) is 18.9. The van der Waals surface area contributed by atoms with E-state index >= 15 is 0 Å². The summed E-state index contributed by atoms with van der Waals surface area (Å²) in [6.07, 6.45) is 1.62. The van der Waals surface area contributed by atoms with Gasteiger partial charge in [-0.1, -0.05) is 42.1 Å². The first-order chi connectivity index (χ1) is 16.8. The fourth-order valence-corrected chi connectivity index (χ4v) is 5.09. The van der Waals surface area contributed by atoms with Gasteiger partial charge in [0.05, 0.1) is 28.5 Å². The maximum Gasteiger partial charge on any atom is 0.250 e. The zero-order valence-electron chi connectivity index (χ0n) is 19.9. The van der Waals surface area contributed by atoms with Gasteiger partial charge < -0.3 is 9.73 Å². The Morgan fingerprint density at radius 3 is 2.49 bits per heavy atom. The summed E-state index contributed by atoms with van der Waals surface area (Å²) in [5, 5.41) is 11.8. The largest absolute Gasteiger partial charge is 0.469 e. The van der Waals surface area contributed by atoms with Crippen molar-refractivity contribution < 1.29 is 14.0 Å². The van der Waals surface area contributed by atoms with Crippen molar-refractivity contribution in [2.45, 2.75) is 43.6 Å². The molecule has 8 nitrogen and oxygen atoms in total. The van der Waals surface area contributed by atoms with E-state index in [2.05, 4.69) is 15.5 Å². The van der Waals surface area contributed by atoms with Gasteiger partial charge in [-0.25, -0.2) is 0 Å². The Morgan fingerprint density at radius 1 is 1.06 bits per heavy atom. The average molecular weight is 488 g/mol. The lowest BCUT2D eigenvalue weighted by molar-refractivity contribution is -0.126. The van der Waals surface area contributed by atoms with E-state index < -0.39 is 10.8 Å². The maximum atomic E-state index is 13.8. The number of hydrogen-bond donors (Lipinski definition) is 1. The van der Waals surface area contributed by atoms with Gasteiger partial charge in [-0.2, -0.15) is 0 Å². The summed E-state index contributed by atoms with van der Waals surface area (Å²) >= 11 is 1.30. The van der Waals surface area contributed by atoms with Crippen LogP contribution in [0.25, 0.3) is 17.1 Å². The standard InChI is InChI=1S/C26H25N5O3S/c1-16-19(14-15-34-16)22-28-29-25(30(22)18-10-6-5-7-11-18)35-17(2)23(32)31-21-13-9-8-12-20(21)27-24(33)26(31,3)4/h5-15,17H,1-4H3,(H,27,33). The summed E-state index contributed by atoms with van der Waals surface area (Å²) in [5.41, 5.74) is 1.95. The van der Waals surface area contributed by atoms with Crippen LogP contribution in [0.2, 0.25) is 0 Å². The predicted octanol–water partition coefficient (Wildman–Crippen LogP) is 5.08. The quantitative estimate of drug-likeness (QED) is 0.395. The van der Waals surface area contributed by atoms with E-state index in [0.717, 1.165) is 17.0 Å². The number of rotatable bonds is 5. The number of para-hydroxylation sites is 3. The Balaban J connectivity index is 1.53. The molecule has 1 aliphatic heterocycles. The Labute approximate surface area is 207 Å².